The molecule has 2 atom stereocenters. The zero-order valence-electron chi connectivity index (χ0n) is 23.2. The second-order valence-corrected chi connectivity index (χ2v) is 11.1. The van der Waals surface area contributed by atoms with Gasteiger partial charge in [-0.15, -0.1) is 0 Å². The number of hydrogen-bond donors (Lipinski definition) is 0. The summed E-state index contributed by atoms with van der Waals surface area (Å²) in [6, 6.07) is 11.1. The van der Waals surface area contributed by atoms with Crippen LogP contribution in [0.1, 0.15) is 12.8 Å². The van der Waals surface area contributed by atoms with Gasteiger partial charge in [-0.3, -0.25) is 9.78 Å². The number of carbonyl (C=O) groups excluding carboxylic acids is 1. The monoisotopic (exact) mass is 572 g/mol. The fraction of sp³-hybridized carbons (Fsp3) is 0.355. The molecule has 6 rings (SSSR count). The molecule has 2 aromatic carbocycles. The van der Waals surface area contributed by atoms with E-state index in [-0.39, 0.29) is 35.1 Å². The van der Waals surface area contributed by atoms with E-state index < -0.39 is 5.82 Å². The molecule has 10 heteroatoms. The molecule has 2 aromatic heterocycles. The summed E-state index contributed by atoms with van der Waals surface area (Å²) in [5, 5.41) is 2.58. The van der Waals surface area contributed by atoms with E-state index in [9.17, 15) is 4.79 Å². The minimum atomic E-state index is -0.582. The first-order valence-corrected chi connectivity index (χ1v) is 14.0. The van der Waals surface area contributed by atoms with E-state index in [1.807, 2.05) is 36.2 Å². The molecule has 0 bridgehead atoms. The first-order valence-electron chi connectivity index (χ1n) is 13.6. The number of likely N-dealkylation sites (tertiary alicyclic amines) is 2. The van der Waals surface area contributed by atoms with Crippen LogP contribution in [-0.2, 0) is 4.79 Å². The highest BCUT2D eigenvalue weighted by Crippen LogP contribution is 2.37. The number of benzene rings is 2. The normalized spacial score (nSPS) is 19.0. The largest absolute Gasteiger partial charge is 0.467 e. The van der Waals surface area contributed by atoms with Crippen molar-refractivity contribution in [3.8, 4) is 29.1 Å². The van der Waals surface area contributed by atoms with Crippen LogP contribution in [0, 0.1) is 23.6 Å². The van der Waals surface area contributed by atoms with Gasteiger partial charge in [0.25, 0.3) is 5.91 Å². The molecule has 0 radical (unpaired) electrons. The van der Waals surface area contributed by atoms with Crippen molar-refractivity contribution in [1.29, 1.82) is 0 Å². The first-order chi connectivity index (χ1) is 19.8. The Morgan fingerprint density at radius 1 is 1.15 bits per heavy atom. The molecular formula is C31H30ClFN6O2. The van der Waals surface area contributed by atoms with Crippen LogP contribution in [0.5, 0.6) is 6.01 Å². The fourth-order valence-corrected chi connectivity index (χ4v) is 6.06. The maximum absolute atomic E-state index is 16.2. The number of hydrogen-bond acceptors (Lipinski definition) is 7. The van der Waals surface area contributed by atoms with Crippen molar-refractivity contribution < 1.29 is 13.9 Å². The summed E-state index contributed by atoms with van der Waals surface area (Å²) in [5.74, 6) is 5.99. The van der Waals surface area contributed by atoms with E-state index in [0.717, 1.165) is 36.7 Å². The highest BCUT2D eigenvalue weighted by molar-refractivity contribution is 6.36. The summed E-state index contributed by atoms with van der Waals surface area (Å²) >= 11 is 6.52. The van der Waals surface area contributed by atoms with E-state index in [0.29, 0.717) is 34.9 Å². The van der Waals surface area contributed by atoms with Gasteiger partial charge in [0.2, 0.25) is 0 Å². The number of halogens is 2. The van der Waals surface area contributed by atoms with E-state index in [4.69, 9.17) is 16.3 Å². The molecule has 1 amide bonds. The van der Waals surface area contributed by atoms with Gasteiger partial charge in [0.05, 0.1) is 12.5 Å². The van der Waals surface area contributed by atoms with Crippen molar-refractivity contribution >= 4 is 45.0 Å². The number of methoxy groups -OCH3 is 1. The molecule has 210 valence electrons. The predicted molar refractivity (Wildman–Crippen MR) is 159 cm³/mol. The summed E-state index contributed by atoms with van der Waals surface area (Å²) in [6.45, 7) is 2.98. The summed E-state index contributed by atoms with van der Waals surface area (Å²) in [6.07, 6.45) is 3.31. The molecule has 41 heavy (non-hydrogen) atoms. The van der Waals surface area contributed by atoms with Gasteiger partial charge >= 0.3 is 6.01 Å². The highest BCUT2D eigenvalue weighted by Gasteiger charge is 2.31. The van der Waals surface area contributed by atoms with Gasteiger partial charge in [-0.2, -0.15) is 9.97 Å². The van der Waals surface area contributed by atoms with Gasteiger partial charge in [-0.05, 0) is 43.8 Å². The molecule has 0 spiro atoms. The Hall–Kier alpha value is -4.00. The molecule has 4 heterocycles. The number of likely N-dealkylation sites (N-methyl/N-ethyl adjacent to an activating group) is 1. The number of aromatic nitrogens is 3. The Balaban J connectivity index is 1.31. The lowest BCUT2D eigenvalue weighted by Crippen LogP contribution is -2.37. The quantitative estimate of drug-likeness (QED) is 0.330. The van der Waals surface area contributed by atoms with E-state index in [1.165, 1.54) is 7.11 Å². The molecule has 0 N–H and O–H groups in total. The van der Waals surface area contributed by atoms with Crippen molar-refractivity contribution in [1.82, 2.24) is 24.8 Å². The Morgan fingerprint density at radius 2 is 1.95 bits per heavy atom. The van der Waals surface area contributed by atoms with Crippen LogP contribution >= 0.6 is 11.6 Å². The molecule has 2 saturated heterocycles. The van der Waals surface area contributed by atoms with Crippen molar-refractivity contribution in [2.45, 2.75) is 18.9 Å². The standard InChI is InChI=1S/C31H30ClFN6O2/c1-37-14-12-19(17-37)10-11-25(40)39-15-13-21(18-39)38(2)30-23-16-34-28(27(33)29(23)35-31(36-30)41-3)22-8-4-6-20-7-5-9-24(32)26(20)22/h4-9,16,19,21H,12-15,17-18H2,1-3H3. The fourth-order valence-electron chi connectivity index (χ4n) is 5.77. The number of amides is 1. The van der Waals surface area contributed by atoms with Gasteiger partial charge in [-0.1, -0.05) is 47.9 Å². The minimum absolute atomic E-state index is 0.0409. The van der Waals surface area contributed by atoms with Crippen molar-refractivity contribution in [2.24, 2.45) is 5.92 Å². The SMILES string of the molecule is COc1nc(N(C)C2CCN(C(=O)C#CC3CCN(C)C3)C2)c2cnc(-c3cccc4cccc(Cl)c34)c(F)c2n1. The number of fused-ring (bicyclic) bond motifs is 2. The minimum Gasteiger partial charge on any atom is -0.467 e. The van der Waals surface area contributed by atoms with Crippen LogP contribution in [0.25, 0.3) is 32.9 Å². The third-order valence-corrected chi connectivity index (χ3v) is 8.36. The predicted octanol–water partition coefficient (Wildman–Crippen LogP) is 4.64. The Morgan fingerprint density at radius 3 is 2.71 bits per heavy atom. The lowest BCUT2D eigenvalue weighted by Gasteiger charge is -2.27. The van der Waals surface area contributed by atoms with Crippen molar-refractivity contribution in [2.75, 3.05) is 52.3 Å². The number of rotatable bonds is 4. The third-order valence-electron chi connectivity index (χ3n) is 8.04. The summed E-state index contributed by atoms with van der Waals surface area (Å²) < 4.78 is 21.6. The third kappa shape index (κ3) is 5.14. The molecule has 0 aliphatic carbocycles. The molecular weight excluding hydrogens is 543 g/mol. The van der Waals surface area contributed by atoms with Crippen LogP contribution in [0.3, 0.4) is 0 Å². The van der Waals surface area contributed by atoms with Crippen LogP contribution in [0.2, 0.25) is 5.02 Å². The summed E-state index contributed by atoms with van der Waals surface area (Å²) in [7, 11) is 5.40. The second kappa shape index (κ2) is 11.1. The molecule has 8 nitrogen and oxygen atoms in total. The van der Waals surface area contributed by atoms with Crippen molar-refractivity contribution in [3.05, 3.63) is 53.4 Å². The van der Waals surface area contributed by atoms with E-state index in [2.05, 4.69) is 38.7 Å². The number of ether oxygens (including phenoxy) is 1. The molecule has 0 saturated carbocycles. The van der Waals surface area contributed by atoms with Gasteiger partial charge in [0.1, 0.15) is 17.0 Å². The van der Waals surface area contributed by atoms with Gasteiger partial charge in [0.15, 0.2) is 5.82 Å². The Labute approximate surface area is 243 Å². The number of nitrogens with zero attached hydrogens (tertiary/aromatic N) is 6. The van der Waals surface area contributed by atoms with E-state index >= 15 is 4.39 Å². The lowest BCUT2D eigenvalue weighted by atomic mass is 10.0. The number of pyridine rings is 1. The summed E-state index contributed by atoms with van der Waals surface area (Å²) in [4.78, 5) is 32.3. The van der Waals surface area contributed by atoms with Crippen molar-refractivity contribution in [3.63, 3.8) is 0 Å². The van der Waals surface area contributed by atoms with E-state index in [1.54, 1.807) is 23.2 Å². The van der Waals surface area contributed by atoms with Gasteiger partial charge < -0.3 is 19.4 Å². The maximum Gasteiger partial charge on any atom is 0.318 e. The summed E-state index contributed by atoms with van der Waals surface area (Å²) in [5.41, 5.74) is 0.830. The Kier molecular flexibility index (Phi) is 7.37. The highest BCUT2D eigenvalue weighted by atomic mass is 35.5. The second-order valence-electron chi connectivity index (χ2n) is 10.7. The zero-order chi connectivity index (χ0) is 28.7. The molecule has 4 aromatic rings. The van der Waals surface area contributed by atoms with Crippen LogP contribution in [0.15, 0.2) is 42.6 Å². The molecule has 2 fully saturated rings. The first kappa shape index (κ1) is 27.2. The molecule has 2 unspecified atom stereocenters. The Bertz CT molecular complexity index is 1710. The van der Waals surface area contributed by atoms with Crippen LogP contribution < -0.4 is 9.64 Å². The smallest absolute Gasteiger partial charge is 0.318 e. The zero-order valence-corrected chi connectivity index (χ0v) is 24.0. The van der Waals surface area contributed by atoms with Gasteiger partial charge in [0, 0.05) is 60.8 Å². The van der Waals surface area contributed by atoms with Crippen LogP contribution in [-0.4, -0.2) is 84.1 Å². The number of anilines is 1. The van der Waals surface area contributed by atoms with Crippen LogP contribution in [0.4, 0.5) is 10.2 Å². The molecule has 2 aliphatic rings. The number of carbonyl (C=O) groups is 1. The molecule has 2 aliphatic heterocycles. The van der Waals surface area contributed by atoms with Gasteiger partial charge in [-0.25, -0.2) is 4.39 Å². The average molecular weight is 573 g/mol. The average Bonchev–Trinajstić information content (AvgIpc) is 3.65. The lowest BCUT2D eigenvalue weighted by molar-refractivity contribution is -0.124. The maximum atomic E-state index is 16.2. The topological polar surface area (TPSA) is 74.7 Å².